The van der Waals surface area contributed by atoms with Crippen molar-refractivity contribution >= 4 is 29.6 Å². The monoisotopic (exact) mass is 381 g/mol. The van der Waals surface area contributed by atoms with Gasteiger partial charge in [-0.1, -0.05) is 30.3 Å². The van der Waals surface area contributed by atoms with E-state index in [2.05, 4.69) is 5.32 Å². The highest BCUT2D eigenvalue weighted by Gasteiger charge is 2.49. The van der Waals surface area contributed by atoms with E-state index >= 15 is 0 Å². The average Bonchev–Trinajstić information content (AvgIpc) is 2.57. The Morgan fingerprint density at radius 2 is 1.69 bits per heavy atom. The fourth-order valence-corrected chi connectivity index (χ4v) is 3.42. The number of carbonyl (C=O) groups excluding carboxylic acids is 3. The zero-order valence-electron chi connectivity index (χ0n) is 16.1. The molecule has 0 heterocycles. The van der Waals surface area contributed by atoms with Crippen LogP contribution in [-0.4, -0.2) is 35.9 Å². The van der Waals surface area contributed by atoms with Gasteiger partial charge in [-0.2, -0.15) is 0 Å². The number of hydrogen-bond donors (Lipinski definition) is 1. The Bertz CT molecular complexity index is 641. The van der Waals surface area contributed by atoms with Crippen molar-refractivity contribution in [3.05, 3.63) is 35.9 Å². The van der Waals surface area contributed by atoms with E-state index in [0.717, 1.165) is 17.3 Å². The lowest BCUT2D eigenvalue weighted by Gasteiger charge is -2.36. The van der Waals surface area contributed by atoms with E-state index in [4.69, 9.17) is 9.47 Å². The summed E-state index contributed by atoms with van der Waals surface area (Å²) in [6.45, 7) is 8.04. The first kappa shape index (κ1) is 22.0. The molecule has 26 heavy (non-hydrogen) atoms. The summed E-state index contributed by atoms with van der Waals surface area (Å²) in [5, 5.41) is 2.64. The molecule has 0 aliphatic carbocycles. The van der Waals surface area contributed by atoms with Gasteiger partial charge in [0.2, 0.25) is 10.8 Å². The smallest absolute Gasteiger partial charge is 0.346 e. The molecule has 144 valence electrons. The first-order valence-corrected chi connectivity index (χ1v) is 9.27. The number of nitrogens with one attached hydrogen (secondary N) is 1. The molecule has 0 spiro atoms. The van der Waals surface area contributed by atoms with E-state index in [0.29, 0.717) is 5.75 Å². The van der Waals surface area contributed by atoms with Gasteiger partial charge in [-0.15, -0.1) is 11.8 Å². The molecule has 1 aromatic carbocycles. The Morgan fingerprint density at radius 1 is 1.12 bits per heavy atom. The first-order chi connectivity index (χ1) is 12.0. The Kier molecular flexibility index (Phi) is 7.68. The second-order valence-electron chi connectivity index (χ2n) is 6.98. The van der Waals surface area contributed by atoms with Crippen LogP contribution in [0.5, 0.6) is 0 Å². The van der Waals surface area contributed by atoms with Crippen molar-refractivity contribution in [2.24, 2.45) is 5.41 Å². The molecule has 2 atom stereocenters. The zero-order valence-corrected chi connectivity index (χ0v) is 16.9. The summed E-state index contributed by atoms with van der Waals surface area (Å²) >= 11 is 1.16. The van der Waals surface area contributed by atoms with E-state index in [-0.39, 0.29) is 0 Å². The molecule has 1 amide bonds. The van der Waals surface area contributed by atoms with Crippen molar-refractivity contribution in [3.8, 4) is 0 Å². The van der Waals surface area contributed by atoms with E-state index < -0.39 is 34.2 Å². The van der Waals surface area contributed by atoms with Gasteiger partial charge in [0.05, 0.1) is 12.5 Å². The van der Waals surface area contributed by atoms with Crippen LogP contribution in [0.25, 0.3) is 0 Å². The molecule has 0 aliphatic heterocycles. The Labute approximate surface area is 159 Å². The normalized spacial score (nSPS) is 14.7. The number of rotatable bonds is 7. The van der Waals surface area contributed by atoms with E-state index in [9.17, 15) is 14.4 Å². The maximum absolute atomic E-state index is 12.6. The van der Waals surface area contributed by atoms with Crippen molar-refractivity contribution < 1.29 is 23.9 Å². The molecule has 0 saturated heterocycles. The number of esters is 2. The molecule has 0 aromatic heterocycles. The summed E-state index contributed by atoms with van der Waals surface area (Å²) in [6, 6.07) is 9.49. The number of benzene rings is 1. The van der Waals surface area contributed by atoms with Crippen LogP contribution >= 0.6 is 11.8 Å². The molecule has 0 fully saturated rings. The molecular formula is C19H27NO5S. The quantitative estimate of drug-likeness (QED) is 0.578. The molecule has 0 saturated carbocycles. The van der Waals surface area contributed by atoms with Crippen LogP contribution in [0.2, 0.25) is 0 Å². The van der Waals surface area contributed by atoms with Crippen LogP contribution in [0, 0.1) is 5.41 Å². The second kappa shape index (κ2) is 9.07. The highest BCUT2D eigenvalue weighted by Crippen LogP contribution is 2.34. The minimum atomic E-state index is -1.54. The number of thioether (sulfide) groups is 1. The van der Waals surface area contributed by atoms with Crippen LogP contribution in [0.3, 0.4) is 0 Å². The average molecular weight is 381 g/mol. The SMILES string of the molecule is COC(=O)[C@](NC(C)=O)(SCc1ccccc1)[C@@H](C)OC(=O)C(C)(C)C. The molecule has 0 aliphatic rings. The predicted octanol–water partition coefficient (Wildman–Crippen LogP) is 2.90. The number of hydrogen-bond acceptors (Lipinski definition) is 6. The maximum atomic E-state index is 12.6. The molecule has 1 N–H and O–H groups in total. The largest absolute Gasteiger partial charge is 0.467 e. The summed E-state index contributed by atoms with van der Waals surface area (Å²) in [7, 11) is 1.24. The van der Waals surface area contributed by atoms with Crippen molar-refractivity contribution in [2.45, 2.75) is 51.3 Å². The third-order valence-corrected chi connectivity index (χ3v) is 5.16. The van der Waals surface area contributed by atoms with Crippen molar-refractivity contribution in [3.63, 3.8) is 0 Å². The van der Waals surface area contributed by atoms with Gasteiger partial charge in [0.1, 0.15) is 6.10 Å². The fourth-order valence-electron chi connectivity index (χ4n) is 2.14. The summed E-state index contributed by atoms with van der Waals surface area (Å²) in [5.41, 5.74) is 0.224. The molecule has 0 radical (unpaired) electrons. The van der Waals surface area contributed by atoms with Crippen molar-refractivity contribution in [1.29, 1.82) is 0 Å². The number of amides is 1. The van der Waals surface area contributed by atoms with Gasteiger partial charge >= 0.3 is 11.9 Å². The molecule has 7 heteroatoms. The third-order valence-electron chi connectivity index (χ3n) is 3.63. The molecule has 6 nitrogen and oxygen atoms in total. The Hall–Kier alpha value is -2.02. The van der Waals surface area contributed by atoms with E-state index in [1.807, 2.05) is 30.3 Å². The summed E-state index contributed by atoms with van der Waals surface area (Å²) < 4.78 is 10.4. The minimum absolute atomic E-state index is 0.422. The lowest BCUT2D eigenvalue weighted by molar-refractivity contribution is -0.165. The molecule has 0 unspecified atom stereocenters. The molecule has 1 aromatic rings. The van der Waals surface area contributed by atoms with E-state index in [1.165, 1.54) is 14.0 Å². The van der Waals surface area contributed by atoms with Gasteiger partial charge in [-0.05, 0) is 33.3 Å². The number of ether oxygens (including phenoxy) is 2. The van der Waals surface area contributed by atoms with Crippen LogP contribution in [0.15, 0.2) is 30.3 Å². The lowest BCUT2D eigenvalue weighted by Crippen LogP contribution is -2.60. The third kappa shape index (κ3) is 5.76. The first-order valence-electron chi connectivity index (χ1n) is 8.29. The Balaban J connectivity index is 3.17. The van der Waals surface area contributed by atoms with Crippen LogP contribution < -0.4 is 5.32 Å². The molecular weight excluding hydrogens is 354 g/mol. The predicted molar refractivity (Wildman–Crippen MR) is 101 cm³/mol. The van der Waals surface area contributed by atoms with Gasteiger partial charge in [0, 0.05) is 12.7 Å². The molecule has 1 rings (SSSR count). The van der Waals surface area contributed by atoms with Crippen molar-refractivity contribution in [1.82, 2.24) is 5.32 Å². The number of carbonyl (C=O) groups is 3. The Morgan fingerprint density at radius 3 is 2.15 bits per heavy atom. The zero-order chi connectivity index (χ0) is 20.0. The topological polar surface area (TPSA) is 81.7 Å². The van der Waals surface area contributed by atoms with Crippen molar-refractivity contribution in [2.75, 3.05) is 7.11 Å². The van der Waals surface area contributed by atoms with Gasteiger partial charge in [-0.25, -0.2) is 4.79 Å². The highest BCUT2D eigenvalue weighted by atomic mass is 32.2. The summed E-state index contributed by atoms with van der Waals surface area (Å²) in [5.74, 6) is -1.14. The van der Waals surface area contributed by atoms with Gasteiger partial charge in [0.15, 0.2) is 0 Å². The van der Waals surface area contributed by atoms with E-state index in [1.54, 1.807) is 27.7 Å². The van der Waals surface area contributed by atoms with Gasteiger partial charge in [0.25, 0.3) is 0 Å². The van der Waals surface area contributed by atoms with Gasteiger partial charge in [-0.3, -0.25) is 9.59 Å². The fraction of sp³-hybridized carbons (Fsp3) is 0.526. The second-order valence-corrected chi connectivity index (χ2v) is 8.20. The maximum Gasteiger partial charge on any atom is 0.346 e. The van der Waals surface area contributed by atoms with Crippen LogP contribution in [0.1, 0.15) is 40.2 Å². The standard InChI is InChI=1S/C19H27NO5S/c1-13(25-16(22)18(3,4)5)19(17(23)24-6,20-14(2)21)26-12-15-10-8-7-9-11-15/h7-11,13H,12H2,1-6H3,(H,20,21)/t13-,19-/m1/s1. The summed E-state index contributed by atoms with van der Waals surface area (Å²) in [4.78, 5) is 35.2. The minimum Gasteiger partial charge on any atom is -0.467 e. The summed E-state index contributed by atoms with van der Waals surface area (Å²) in [6.07, 6.45) is -0.931. The van der Waals surface area contributed by atoms with Gasteiger partial charge < -0.3 is 14.8 Å². The molecule has 0 bridgehead atoms. The van der Waals surface area contributed by atoms with Crippen LogP contribution in [-0.2, 0) is 29.6 Å². The number of methoxy groups -OCH3 is 1. The highest BCUT2D eigenvalue weighted by molar-refractivity contribution is 8.00. The lowest BCUT2D eigenvalue weighted by atomic mass is 9.97. The van der Waals surface area contributed by atoms with Crippen LogP contribution in [0.4, 0.5) is 0 Å².